The van der Waals surface area contributed by atoms with Gasteiger partial charge in [-0.05, 0) is 50.6 Å². The number of hydrogen-bond acceptors (Lipinski definition) is 6. The Morgan fingerprint density at radius 3 is 2.55 bits per heavy atom. The molecule has 1 fully saturated rings. The molecule has 7 heteroatoms. The lowest BCUT2D eigenvalue weighted by molar-refractivity contribution is -0.135. The number of carbonyl (C=O) groups excluding carboxylic acids is 1. The van der Waals surface area contributed by atoms with E-state index in [1.54, 1.807) is 26.3 Å². The average molecular weight is 452 g/mol. The number of benzene rings is 2. The molecule has 1 amide bonds. The molecular weight excluding hydrogens is 418 g/mol. The van der Waals surface area contributed by atoms with Gasteiger partial charge in [-0.3, -0.25) is 9.69 Å². The number of carbonyl (C=O) groups is 1. The van der Waals surface area contributed by atoms with Crippen molar-refractivity contribution in [2.24, 2.45) is 5.10 Å². The van der Waals surface area contributed by atoms with Gasteiger partial charge in [0, 0.05) is 29.7 Å². The van der Waals surface area contributed by atoms with E-state index in [0.717, 1.165) is 42.0 Å². The molecule has 0 aromatic heterocycles. The van der Waals surface area contributed by atoms with Gasteiger partial charge in [-0.2, -0.15) is 5.10 Å². The second kappa shape index (κ2) is 10.3. The Labute approximate surface area is 195 Å². The minimum atomic E-state index is -0.250. The molecule has 176 valence electrons. The average Bonchev–Trinajstić information content (AvgIpc) is 3.30. The van der Waals surface area contributed by atoms with Crippen LogP contribution < -0.4 is 14.2 Å². The third-order valence-corrected chi connectivity index (χ3v) is 6.65. The Morgan fingerprint density at radius 2 is 1.82 bits per heavy atom. The van der Waals surface area contributed by atoms with Gasteiger partial charge < -0.3 is 14.2 Å². The molecule has 4 rings (SSSR count). The van der Waals surface area contributed by atoms with E-state index in [-0.39, 0.29) is 11.9 Å². The topological polar surface area (TPSA) is 63.6 Å². The second-order valence-corrected chi connectivity index (χ2v) is 8.66. The number of amides is 1. The summed E-state index contributed by atoms with van der Waals surface area (Å²) >= 11 is 0. The summed E-state index contributed by atoms with van der Waals surface area (Å²) in [5.41, 5.74) is 2.73. The molecule has 33 heavy (non-hydrogen) atoms. The van der Waals surface area contributed by atoms with Crippen LogP contribution in [0, 0.1) is 0 Å². The summed E-state index contributed by atoms with van der Waals surface area (Å²) < 4.78 is 16.4. The summed E-state index contributed by atoms with van der Waals surface area (Å²) in [5.74, 6) is 2.17. The zero-order chi connectivity index (χ0) is 23.4. The van der Waals surface area contributed by atoms with Gasteiger partial charge in [-0.15, -0.1) is 0 Å². The molecule has 0 bridgehead atoms. The van der Waals surface area contributed by atoms with Crippen molar-refractivity contribution in [3.63, 3.8) is 0 Å². The first kappa shape index (κ1) is 23.1. The van der Waals surface area contributed by atoms with Gasteiger partial charge in [0.25, 0.3) is 5.91 Å². The maximum atomic E-state index is 13.6. The molecule has 2 heterocycles. The highest BCUT2D eigenvalue weighted by atomic mass is 16.5. The van der Waals surface area contributed by atoms with Gasteiger partial charge in [0.15, 0.2) is 0 Å². The fraction of sp³-hybridized carbons (Fsp3) is 0.462. The molecule has 0 saturated carbocycles. The van der Waals surface area contributed by atoms with Crippen LogP contribution in [0.15, 0.2) is 47.6 Å². The van der Waals surface area contributed by atoms with Crippen molar-refractivity contribution in [3.05, 3.63) is 53.6 Å². The summed E-state index contributed by atoms with van der Waals surface area (Å²) in [6.45, 7) is 3.51. The summed E-state index contributed by atoms with van der Waals surface area (Å²) in [5, 5.41) is 6.48. The Bertz CT molecular complexity index is 1020. The van der Waals surface area contributed by atoms with Crippen LogP contribution in [0.5, 0.6) is 17.2 Å². The maximum Gasteiger partial charge on any atom is 0.257 e. The third-order valence-electron chi connectivity index (χ3n) is 6.65. The van der Waals surface area contributed by atoms with E-state index in [1.807, 2.05) is 42.5 Å². The summed E-state index contributed by atoms with van der Waals surface area (Å²) in [6, 6.07) is 13.7. The van der Waals surface area contributed by atoms with Crippen molar-refractivity contribution in [1.29, 1.82) is 0 Å². The van der Waals surface area contributed by atoms with Gasteiger partial charge >= 0.3 is 0 Å². The lowest BCUT2D eigenvalue weighted by atomic mass is 9.97. The molecular formula is C26H33N3O4. The number of hydrogen-bond donors (Lipinski definition) is 0. The number of ether oxygens (including phenoxy) is 3. The Balaban J connectivity index is 1.67. The summed E-state index contributed by atoms with van der Waals surface area (Å²) in [7, 11) is 4.92. The quantitative estimate of drug-likeness (QED) is 0.629. The number of piperidine rings is 1. The van der Waals surface area contributed by atoms with E-state index in [0.29, 0.717) is 30.5 Å². The van der Waals surface area contributed by atoms with Crippen LogP contribution in [-0.2, 0) is 4.79 Å². The molecule has 2 unspecified atom stereocenters. The van der Waals surface area contributed by atoms with Gasteiger partial charge in [-0.1, -0.05) is 18.6 Å². The lowest BCUT2D eigenvalue weighted by Crippen LogP contribution is -2.44. The largest absolute Gasteiger partial charge is 0.497 e. The Hall–Kier alpha value is -3.06. The molecule has 7 nitrogen and oxygen atoms in total. The van der Waals surface area contributed by atoms with Crippen LogP contribution in [0.2, 0.25) is 0 Å². The van der Waals surface area contributed by atoms with Crippen molar-refractivity contribution in [1.82, 2.24) is 9.91 Å². The van der Waals surface area contributed by atoms with Crippen LogP contribution >= 0.6 is 0 Å². The maximum absolute atomic E-state index is 13.6. The minimum absolute atomic E-state index is 0.00418. The molecule has 1 saturated heterocycles. The molecule has 2 aliphatic heterocycles. The first-order valence-corrected chi connectivity index (χ1v) is 11.5. The zero-order valence-electron chi connectivity index (χ0n) is 19.9. The molecule has 0 aliphatic carbocycles. The van der Waals surface area contributed by atoms with Crippen LogP contribution in [0.3, 0.4) is 0 Å². The smallest absolute Gasteiger partial charge is 0.257 e. The summed E-state index contributed by atoms with van der Waals surface area (Å²) in [6.07, 6.45) is 4.07. The van der Waals surface area contributed by atoms with Gasteiger partial charge in [0.05, 0.1) is 39.6 Å². The predicted octanol–water partition coefficient (Wildman–Crippen LogP) is 4.26. The van der Waals surface area contributed by atoms with Crippen LogP contribution in [0.1, 0.15) is 49.8 Å². The zero-order valence-corrected chi connectivity index (χ0v) is 19.9. The third kappa shape index (κ3) is 4.98. The fourth-order valence-corrected chi connectivity index (χ4v) is 4.69. The highest BCUT2D eigenvalue weighted by Gasteiger charge is 2.36. The molecule has 0 spiro atoms. The normalized spacial score (nSPS) is 21.0. The number of methoxy groups -OCH3 is 3. The number of rotatable bonds is 7. The molecule has 2 aliphatic rings. The van der Waals surface area contributed by atoms with E-state index in [4.69, 9.17) is 19.3 Å². The van der Waals surface area contributed by atoms with Crippen molar-refractivity contribution >= 4 is 11.6 Å². The second-order valence-electron chi connectivity index (χ2n) is 8.66. The summed E-state index contributed by atoms with van der Waals surface area (Å²) in [4.78, 5) is 15.8. The highest BCUT2D eigenvalue weighted by molar-refractivity contribution is 6.03. The first-order chi connectivity index (χ1) is 16.0. The lowest BCUT2D eigenvalue weighted by Gasteiger charge is -2.34. The van der Waals surface area contributed by atoms with Gasteiger partial charge in [0.1, 0.15) is 17.2 Å². The number of nitrogens with zero attached hydrogens (tertiary/aromatic N) is 3. The van der Waals surface area contributed by atoms with Crippen molar-refractivity contribution < 1.29 is 19.0 Å². The van der Waals surface area contributed by atoms with Gasteiger partial charge in [0.2, 0.25) is 0 Å². The fourth-order valence-electron chi connectivity index (χ4n) is 4.69. The van der Waals surface area contributed by atoms with E-state index >= 15 is 0 Å². The first-order valence-electron chi connectivity index (χ1n) is 11.5. The Kier molecular flexibility index (Phi) is 7.18. The molecule has 2 aromatic carbocycles. The van der Waals surface area contributed by atoms with E-state index in [1.165, 1.54) is 6.42 Å². The van der Waals surface area contributed by atoms with E-state index in [9.17, 15) is 4.79 Å². The van der Waals surface area contributed by atoms with E-state index < -0.39 is 0 Å². The molecule has 0 radical (unpaired) electrons. The van der Waals surface area contributed by atoms with Crippen molar-refractivity contribution in [3.8, 4) is 17.2 Å². The Morgan fingerprint density at radius 1 is 1.03 bits per heavy atom. The molecule has 0 N–H and O–H groups in total. The minimum Gasteiger partial charge on any atom is -0.497 e. The van der Waals surface area contributed by atoms with Gasteiger partial charge in [-0.25, -0.2) is 5.01 Å². The van der Waals surface area contributed by atoms with Crippen molar-refractivity contribution in [2.45, 2.75) is 44.7 Å². The molecule has 2 aromatic rings. The SMILES string of the molecule is COc1cccc(C2=NN(C(=O)CN3CCCCC3C)C(c3ccc(OC)cc3OC)C2)c1. The standard InChI is InChI=1S/C26H33N3O4/c1-18-8-5-6-13-28(18)17-26(30)29-24(22-12-11-21(32-3)15-25(22)33-4)16-23(27-29)19-9-7-10-20(14-19)31-2/h7,9-12,14-15,18,24H,5-6,8,13,16-17H2,1-4H3. The number of likely N-dealkylation sites (tertiary alicyclic amines) is 1. The molecule has 2 atom stereocenters. The number of hydrazone groups is 1. The van der Waals surface area contributed by atoms with Crippen LogP contribution in [-0.4, -0.2) is 62.0 Å². The predicted molar refractivity (Wildman–Crippen MR) is 128 cm³/mol. The van der Waals surface area contributed by atoms with Crippen molar-refractivity contribution in [2.75, 3.05) is 34.4 Å². The highest BCUT2D eigenvalue weighted by Crippen LogP contribution is 2.39. The van der Waals surface area contributed by atoms with Crippen LogP contribution in [0.25, 0.3) is 0 Å². The van der Waals surface area contributed by atoms with E-state index in [2.05, 4.69) is 11.8 Å². The monoisotopic (exact) mass is 451 g/mol. The van der Waals surface area contributed by atoms with Crippen LogP contribution in [0.4, 0.5) is 0 Å².